The van der Waals surface area contributed by atoms with Crippen molar-refractivity contribution in [2.45, 2.75) is 25.2 Å². The van der Waals surface area contributed by atoms with Crippen LogP contribution in [0.1, 0.15) is 12.8 Å². The highest BCUT2D eigenvalue weighted by molar-refractivity contribution is 4.83. The lowest BCUT2D eigenvalue weighted by Crippen LogP contribution is -2.42. The number of hydrogen-bond donors (Lipinski definition) is 1. The molecule has 1 rings (SSSR count). The fourth-order valence-electron chi connectivity index (χ4n) is 1.79. The smallest absolute Gasteiger partial charge is 0.328 e. The fourth-order valence-corrected chi connectivity index (χ4v) is 1.79. The lowest BCUT2D eigenvalue weighted by atomic mass is 9.81. The lowest BCUT2D eigenvalue weighted by molar-refractivity contribution is -0.324. The van der Waals surface area contributed by atoms with E-state index in [1.807, 2.05) is 4.90 Å². The van der Waals surface area contributed by atoms with Crippen molar-refractivity contribution in [3.63, 3.8) is 0 Å². The summed E-state index contributed by atoms with van der Waals surface area (Å²) < 4.78 is 38.6. The molecule has 15 heavy (non-hydrogen) atoms. The molecule has 0 aromatic carbocycles. The normalized spacial score (nSPS) is 26.8. The quantitative estimate of drug-likeness (QED) is 0.765. The van der Waals surface area contributed by atoms with Gasteiger partial charge in [-0.25, -0.2) is 0 Å². The summed E-state index contributed by atoms with van der Waals surface area (Å²) in [7, 11) is 1.80. The zero-order valence-electron chi connectivity index (χ0n) is 8.76. The molecule has 6 heteroatoms. The van der Waals surface area contributed by atoms with E-state index in [4.69, 9.17) is 5.73 Å². The summed E-state index contributed by atoms with van der Waals surface area (Å²) in [5, 5.41) is 0. The standard InChI is InChI=1S/C9H17F3N2O/c1-14(2-3-15-9(10,11)12)6-7-4-8(13)5-7/h7-8H,2-6,13H2,1H3. The molecule has 0 radical (unpaired) electrons. The molecule has 0 saturated heterocycles. The number of ether oxygens (including phenoxy) is 1. The summed E-state index contributed by atoms with van der Waals surface area (Å²) in [5.74, 6) is 0.538. The summed E-state index contributed by atoms with van der Waals surface area (Å²) in [6.07, 6.45) is -2.56. The molecule has 0 unspecified atom stereocenters. The average Bonchev–Trinajstić information content (AvgIpc) is 1.98. The summed E-state index contributed by atoms with van der Waals surface area (Å²) in [4.78, 5) is 1.85. The highest BCUT2D eigenvalue weighted by Crippen LogP contribution is 2.25. The highest BCUT2D eigenvalue weighted by atomic mass is 19.4. The molecule has 1 aliphatic rings. The Hall–Kier alpha value is -0.330. The molecule has 0 bridgehead atoms. The Kier molecular flexibility index (Phi) is 4.36. The van der Waals surface area contributed by atoms with E-state index < -0.39 is 6.36 Å². The predicted octanol–water partition coefficient (Wildman–Crippen LogP) is 1.19. The van der Waals surface area contributed by atoms with Gasteiger partial charge in [0.15, 0.2) is 0 Å². The number of likely N-dealkylation sites (N-methyl/N-ethyl adjacent to an activating group) is 1. The molecule has 2 N–H and O–H groups in total. The Morgan fingerprint density at radius 2 is 2.00 bits per heavy atom. The van der Waals surface area contributed by atoms with Crippen LogP contribution in [0.5, 0.6) is 0 Å². The van der Waals surface area contributed by atoms with Crippen LogP contribution in [0.15, 0.2) is 0 Å². The van der Waals surface area contributed by atoms with Crippen LogP contribution in [0.3, 0.4) is 0 Å². The molecule has 1 saturated carbocycles. The van der Waals surface area contributed by atoms with E-state index in [2.05, 4.69) is 4.74 Å². The molecule has 0 aromatic heterocycles. The Balaban J connectivity index is 2.01. The van der Waals surface area contributed by atoms with Gasteiger partial charge in [-0.05, 0) is 25.8 Å². The second-order valence-corrected chi connectivity index (χ2v) is 4.15. The van der Waals surface area contributed by atoms with Gasteiger partial charge in [-0.2, -0.15) is 0 Å². The maximum Gasteiger partial charge on any atom is 0.522 e. The zero-order chi connectivity index (χ0) is 11.5. The maximum atomic E-state index is 11.6. The zero-order valence-corrected chi connectivity index (χ0v) is 8.76. The molecular formula is C9H17F3N2O. The molecule has 0 heterocycles. The van der Waals surface area contributed by atoms with Crippen molar-refractivity contribution in [2.75, 3.05) is 26.7 Å². The molecule has 3 nitrogen and oxygen atoms in total. The summed E-state index contributed by atoms with van der Waals surface area (Å²) in [5.41, 5.74) is 5.61. The van der Waals surface area contributed by atoms with Crippen molar-refractivity contribution in [1.29, 1.82) is 0 Å². The monoisotopic (exact) mass is 226 g/mol. The minimum absolute atomic E-state index is 0.287. The molecule has 1 fully saturated rings. The number of hydrogen-bond acceptors (Lipinski definition) is 3. The van der Waals surface area contributed by atoms with Crippen LogP contribution in [0.4, 0.5) is 13.2 Å². The van der Waals surface area contributed by atoms with Crippen molar-refractivity contribution in [3.8, 4) is 0 Å². The highest BCUT2D eigenvalue weighted by Gasteiger charge is 2.29. The number of alkyl halides is 3. The van der Waals surface area contributed by atoms with E-state index in [9.17, 15) is 13.2 Å². The Labute approximate surface area is 87.4 Å². The first-order valence-electron chi connectivity index (χ1n) is 5.01. The average molecular weight is 226 g/mol. The van der Waals surface area contributed by atoms with Crippen LogP contribution in [0.25, 0.3) is 0 Å². The summed E-state index contributed by atoms with van der Waals surface area (Å²) in [6, 6.07) is 0.287. The van der Waals surface area contributed by atoms with Crippen LogP contribution < -0.4 is 5.73 Å². The van der Waals surface area contributed by atoms with Gasteiger partial charge in [-0.1, -0.05) is 0 Å². The number of rotatable bonds is 5. The maximum absolute atomic E-state index is 11.6. The largest absolute Gasteiger partial charge is 0.522 e. The van der Waals surface area contributed by atoms with Crippen molar-refractivity contribution < 1.29 is 17.9 Å². The molecule has 0 amide bonds. The molecule has 1 aliphatic carbocycles. The number of nitrogens with zero attached hydrogens (tertiary/aromatic N) is 1. The fraction of sp³-hybridized carbons (Fsp3) is 1.00. The Morgan fingerprint density at radius 3 is 2.47 bits per heavy atom. The molecular weight excluding hydrogens is 209 g/mol. The van der Waals surface area contributed by atoms with Crippen molar-refractivity contribution in [1.82, 2.24) is 4.90 Å². The topological polar surface area (TPSA) is 38.5 Å². The van der Waals surface area contributed by atoms with Crippen LogP contribution >= 0.6 is 0 Å². The van der Waals surface area contributed by atoms with E-state index in [-0.39, 0.29) is 12.6 Å². The minimum atomic E-state index is -4.51. The Bertz CT molecular complexity index is 192. The van der Waals surface area contributed by atoms with Gasteiger partial charge in [0.05, 0.1) is 6.61 Å². The second-order valence-electron chi connectivity index (χ2n) is 4.15. The lowest BCUT2D eigenvalue weighted by Gasteiger charge is -2.35. The third-order valence-corrected chi connectivity index (χ3v) is 2.58. The first kappa shape index (κ1) is 12.7. The first-order valence-corrected chi connectivity index (χ1v) is 5.01. The van der Waals surface area contributed by atoms with Crippen molar-refractivity contribution in [3.05, 3.63) is 0 Å². The van der Waals surface area contributed by atoms with Gasteiger partial charge in [0.1, 0.15) is 0 Å². The second kappa shape index (κ2) is 5.14. The van der Waals surface area contributed by atoms with Gasteiger partial charge in [-0.3, -0.25) is 4.74 Å². The molecule has 0 atom stereocenters. The van der Waals surface area contributed by atoms with Crippen LogP contribution in [0, 0.1) is 5.92 Å². The van der Waals surface area contributed by atoms with Gasteiger partial charge >= 0.3 is 6.36 Å². The van der Waals surface area contributed by atoms with Crippen molar-refractivity contribution in [2.24, 2.45) is 11.7 Å². The number of halogens is 3. The molecule has 0 aliphatic heterocycles. The van der Waals surface area contributed by atoms with Gasteiger partial charge in [0.2, 0.25) is 0 Å². The van der Waals surface area contributed by atoms with Crippen LogP contribution in [0.2, 0.25) is 0 Å². The van der Waals surface area contributed by atoms with Crippen molar-refractivity contribution >= 4 is 0 Å². The summed E-state index contributed by atoms with van der Waals surface area (Å²) >= 11 is 0. The van der Waals surface area contributed by atoms with E-state index in [0.29, 0.717) is 12.5 Å². The minimum Gasteiger partial charge on any atom is -0.328 e. The van der Waals surface area contributed by atoms with Gasteiger partial charge in [-0.15, -0.1) is 13.2 Å². The van der Waals surface area contributed by atoms with E-state index in [1.54, 1.807) is 7.05 Å². The van der Waals surface area contributed by atoms with E-state index in [1.165, 1.54) is 0 Å². The number of nitrogens with two attached hydrogens (primary N) is 1. The molecule has 0 aromatic rings. The van der Waals surface area contributed by atoms with Gasteiger partial charge in [0, 0.05) is 19.1 Å². The first-order chi connectivity index (χ1) is 6.87. The van der Waals surface area contributed by atoms with Crippen LogP contribution in [-0.2, 0) is 4.74 Å². The van der Waals surface area contributed by atoms with E-state index in [0.717, 1.165) is 19.4 Å². The third kappa shape index (κ3) is 5.34. The van der Waals surface area contributed by atoms with E-state index >= 15 is 0 Å². The predicted molar refractivity (Wildman–Crippen MR) is 50.2 cm³/mol. The van der Waals surface area contributed by atoms with Crippen LogP contribution in [-0.4, -0.2) is 44.0 Å². The van der Waals surface area contributed by atoms with Gasteiger partial charge in [0.25, 0.3) is 0 Å². The van der Waals surface area contributed by atoms with Gasteiger partial charge < -0.3 is 10.6 Å². The molecule has 90 valence electrons. The third-order valence-electron chi connectivity index (χ3n) is 2.58. The SMILES string of the molecule is CN(CCOC(F)(F)F)CC1CC(N)C1. The molecule has 0 spiro atoms. The Morgan fingerprint density at radius 1 is 1.40 bits per heavy atom. The summed E-state index contributed by atoms with van der Waals surface area (Å²) in [6.45, 7) is 0.791.